The molecule has 4 aromatic rings. The third kappa shape index (κ3) is 2.59. The van der Waals surface area contributed by atoms with Gasteiger partial charge in [0.2, 0.25) is 0 Å². The van der Waals surface area contributed by atoms with Gasteiger partial charge >= 0.3 is 5.97 Å². The Morgan fingerprint density at radius 2 is 1.92 bits per heavy atom. The summed E-state index contributed by atoms with van der Waals surface area (Å²) in [6, 6.07) is 15.2. The van der Waals surface area contributed by atoms with Gasteiger partial charge in [-0.2, -0.15) is 0 Å². The van der Waals surface area contributed by atoms with Crippen molar-refractivity contribution < 1.29 is 14.3 Å². The molecule has 4 rings (SSSR count). The normalized spacial score (nSPS) is 11.0. The summed E-state index contributed by atoms with van der Waals surface area (Å²) in [6.45, 7) is 0. The molecule has 1 N–H and O–H groups in total. The zero-order chi connectivity index (χ0) is 17.4. The molecule has 0 aliphatic carbocycles. The van der Waals surface area contributed by atoms with Crippen LogP contribution in [0, 0.1) is 0 Å². The summed E-state index contributed by atoms with van der Waals surface area (Å²) in [5, 5.41) is 1.95. The molecule has 25 heavy (non-hydrogen) atoms. The second kappa shape index (κ2) is 5.94. The average molecular weight is 332 g/mol. The Morgan fingerprint density at radius 3 is 2.72 bits per heavy atom. The Hall–Kier alpha value is -3.34. The average Bonchev–Trinajstić information content (AvgIpc) is 3.09. The third-order valence-corrected chi connectivity index (χ3v) is 4.28. The van der Waals surface area contributed by atoms with Gasteiger partial charge in [0.15, 0.2) is 0 Å². The highest BCUT2D eigenvalue weighted by Gasteiger charge is 2.11. The van der Waals surface area contributed by atoms with Crippen molar-refractivity contribution >= 4 is 27.8 Å². The van der Waals surface area contributed by atoms with Gasteiger partial charge in [-0.15, -0.1) is 0 Å². The maximum atomic E-state index is 11.7. The van der Waals surface area contributed by atoms with E-state index < -0.39 is 0 Å². The van der Waals surface area contributed by atoms with Crippen LogP contribution in [0.4, 0.5) is 0 Å². The molecule has 0 spiro atoms. The molecule has 5 nitrogen and oxygen atoms in total. The van der Waals surface area contributed by atoms with Crippen molar-refractivity contribution in [1.29, 1.82) is 0 Å². The molecule has 124 valence electrons. The first-order chi connectivity index (χ1) is 12.2. The first-order valence-corrected chi connectivity index (χ1v) is 7.84. The molecule has 0 saturated carbocycles. The molecule has 0 saturated heterocycles. The maximum absolute atomic E-state index is 11.7. The quantitative estimate of drug-likeness (QED) is 0.572. The molecule has 0 unspecified atom stereocenters. The molecule has 0 aliphatic rings. The van der Waals surface area contributed by atoms with Crippen LogP contribution in [-0.4, -0.2) is 30.2 Å². The Bertz CT molecular complexity index is 1100. The van der Waals surface area contributed by atoms with Gasteiger partial charge in [0.25, 0.3) is 0 Å². The number of carbonyl (C=O) groups is 1. The van der Waals surface area contributed by atoms with Crippen molar-refractivity contribution in [2.75, 3.05) is 14.2 Å². The van der Waals surface area contributed by atoms with Gasteiger partial charge in [-0.05, 0) is 42.5 Å². The van der Waals surface area contributed by atoms with E-state index in [4.69, 9.17) is 14.5 Å². The molecule has 0 radical (unpaired) electrons. The summed E-state index contributed by atoms with van der Waals surface area (Å²) in [4.78, 5) is 19.7. The fraction of sp³-hybridized carbons (Fsp3) is 0.100. The second-order valence-electron chi connectivity index (χ2n) is 5.71. The highest BCUT2D eigenvalue weighted by atomic mass is 16.5. The summed E-state index contributed by atoms with van der Waals surface area (Å²) in [7, 11) is 3.03. The van der Waals surface area contributed by atoms with Gasteiger partial charge < -0.3 is 14.5 Å². The van der Waals surface area contributed by atoms with Crippen molar-refractivity contribution in [1.82, 2.24) is 9.97 Å². The Labute approximate surface area is 144 Å². The molecule has 0 amide bonds. The summed E-state index contributed by atoms with van der Waals surface area (Å²) in [5.74, 6) is 0.451. The van der Waals surface area contributed by atoms with Crippen LogP contribution in [0.2, 0.25) is 0 Å². The number of aromatic nitrogens is 2. The minimum absolute atomic E-state index is 0.352. The number of rotatable bonds is 3. The molecule has 0 bridgehead atoms. The number of carbonyl (C=O) groups excluding carboxylic acids is 1. The summed E-state index contributed by atoms with van der Waals surface area (Å²) in [6.07, 6.45) is 1.95. The van der Waals surface area contributed by atoms with E-state index in [9.17, 15) is 4.79 Å². The highest BCUT2D eigenvalue weighted by Crippen LogP contribution is 2.31. The zero-order valence-electron chi connectivity index (χ0n) is 13.9. The van der Waals surface area contributed by atoms with E-state index in [0.29, 0.717) is 5.56 Å². The minimum Gasteiger partial charge on any atom is -0.497 e. The fourth-order valence-electron chi connectivity index (χ4n) is 2.96. The lowest BCUT2D eigenvalue weighted by Gasteiger charge is -2.05. The van der Waals surface area contributed by atoms with E-state index in [1.54, 1.807) is 19.2 Å². The van der Waals surface area contributed by atoms with Crippen molar-refractivity contribution in [3.63, 3.8) is 0 Å². The molecular weight excluding hydrogens is 316 g/mol. The largest absolute Gasteiger partial charge is 0.497 e. The lowest BCUT2D eigenvalue weighted by molar-refractivity contribution is 0.0601. The number of ether oxygens (including phenoxy) is 2. The number of esters is 1. The number of aromatic amines is 1. The number of benzene rings is 2. The lowest BCUT2D eigenvalue weighted by atomic mass is 10.1. The number of nitrogens with one attached hydrogen (secondary N) is 1. The Morgan fingerprint density at radius 1 is 1.04 bits per heavy atom. The highest BCUT2D eigenvalue weighted by molar-refractivity contribution is 5.98. The second-order valence-corrected chi connectivity index (χ2v) is 5.71. The zero-order valence-corrected chi connectivity index (χ0v) is 13.9. The smallest absolute Gasteiger partial charge is 0.337 e. The maximum Gasteiger partial charge on any atom is 0.337 e. The van der Waals surface area contributed by atoms with E-state index in [-0.39, 0.29) is 5.97 Å². The van der Waals surface area contributed by atoms with Crippen LogP contribution < -0.4 is 4.74 Å². The van der Waals surface area contributed by atoms with E-state index in [2.05, 4.69) is 4.98 Å². The summed E-state index contributed by atoms with van der Waals surface area (Å²) >= 11 is 0. The van der Waals surface area contributed by atoms with Crippen LogP contribution in [0.1, 0.15) is 10.4 Å². The molecule has 0 aliphatic heterocycles. The van der Waals surface area contributed by atoms with Gasteiger partial charge in [-0.25, -0.2) is 9.78 Å². The topological polar surface area (TPSA) is 64.2 Å². The van der Waals surface area contributed by atoms with Gasteiger partial charge in [0.1, 0.15) is 5.75 Å². The predicted octanol–water partition coefficient (Wildman–Crippen LogP) is 4.18. The van der Waals surface area contributed by atoms with Crippen LogP contribution >= 0.6 is 0 Å². The monoisotopic (exact) mass is 332 g/mol. The number of methoxy groups -OCH3 is 2. The predicted molar refractivity (Wildman–Crippen MR) is 96.9 cm³/mol. The standard InChI is InChI=1S/C20H16N2O3/c1-24-14-5-8-18-15(10-14)16(11-21-18)19-7-3-12-9-13(20(23)25-2)4-6-17(12)22-19/h3-11,21H,1-2H3. The Kier molecular flexibility index (Phi) is 3.61. The number of pyridine rings is 1. The van der Waals surface area contributed by atoms with E-state index in [0.717, 1.165) is 38.8 Å². The minimum atomic E-state index is -0.352. The van der Waals surface area contributed by atoms with Crippen molar-refractivity contribution in [2.45, 2.75) is 0 Å². The van der Waals surface area contributed by atoms with E-state index in [1.165, 1.54) is 7.11 Å². The van der Waals surface area contributed by atoms with Gasteiger partial charge in [0, 0.05) is 28.0 Å². The molecule has 5 heteroatoms. The summed E-state index contributed by atoms with van der Waals surface area (Å²) in [5.41, 5.74) is 4.23. The fourth-order valence-corrected chi connectivity index (χ4v) is 2.96. The van der Waals surface area contributed by atoms with Crippen molar-refractivity contribution in [3.8, 4) is 17.0 Å². The Balaban J connectivity index is 1.83. The van der Waals surface area contributed by atoms with Crippen molar-refractivity contribution in [2.24, 2.45) is 0 Å². The number of hydrogen-bond donors (Lipinski definition) is 1. The molecular formula is C20H16N2O3. The van der Waals surface area contributed by atoms with Crippen molar-refractivity contribution in [3.05, 3.63) is 60.3 Å². The molecule has 2 aromatic carbocycles. The van der Waals surface area contributed by atoms with Crippen LogP contribution in [0.15, 0.2) is 54.7 Å². The number of hydrogen-bond acceptors (Lipinski definition) is 4. The number of nitrogens with zero attached hydrogens (tertiary/aromatic N) is 1. The molecule has 2 aromatic heterocycles. The number of H-pyrrole nitrogens is 1. The van der Waals surface area contributed by atoms with Crippen LogP contribution in [0.5, 0.6) is 5.75 Å². The molecule has 2 heterocycles. The number of fused-ring (bicyclic) bond motifs is 2. The SMILES string of the molecule is COC(=O)c1ccc2nc(-c3c[nH]c4ccc(OC)cc34)ccc2c1. The molecule has 0 atom stereocenters. The van der Waals surface area contributed by atoms with Crippen LogP contribution in [0.25, 0.3) is 33.1 Å². The van der Waals surface area contributed by atoms with Crippen LogP contribution in [0.3, 0.4) is 0 Å². The van der Waals surface area contributed by atoms with E-state index in [1.807, 2.05) is 42.6 Å². The molecule has 0 fully saturated rings. The lowest BCUT2D eigenvalue weighted by Crippen LogP contribution is -2.00. The first kappa shape index (κ1) is 15.2. The first-order valence-electron chi connectivity index (χ1n) is 7.84. The van der Waals surface area contributed by atoms with Gasteiger partial charge in [-0.3, -0.25) is 0 Å². The van der Waals surface area contributed by atoms with Gasteiger partial charge in [-0.1, -0.05) is 6.07 Å². The van der Waals surface area contributed by atoms with Crippen LogP contribution in [-0.2, 0) is 4.74 Å². The summed E-state index contributed by atoms with van der Waals surface area (Å²) < 4.78 is 10.1. The van der Waals surface area contributed by atoms with Gasteiger partial charge in [0.05, 0.1) is 31.0 Å². The van der Waals surface area contributed by atoms with E-state index >= 15 is 0 Å². The third-order valence-electron chi connectivity index (χ3n) is 4.28.